The number of aryl methyl sites for hydroxylation is 1. The van der Waals surface area contributed by atoms with Crippen molar-refractivity contribution >= 4 is 15.8 Å². The lowest BCUT2D eigenvalue weighted by atomic mass is 9.99. The van der Waals surface area contributed by atoms with Gasteiger partial charge >= 0.3 is 0 Å². The lowest BCUT2D eigenvalue weighted by Gasteiger charge is -2.33. The molecule has 1 aliphatic rings. The van der Waals surface area contributed by atoms with Crippen LogP contribution in [0.25, 0.3) is 0 Å². The highest BCUT2D eigenvalue weighted by atomic mass is 32.2. The minimum atomic E-state index is -3.14. The molecule has 124 valence electrons. The number of aliphatic hydroxyl groups excluding tert-OH is 1. The van der Waals surface area contributed by atoms with Crippen molar-refractivity contribution in [1.29, 1.82) is 0 Å². The van der Waals surface area contributed by atoms with Gasteiger partial charge in [-0.3, -0.25) is 0 Å². The third kappa shape index (κ3) is 4.89. The quantitative estimate of drug-likeness (QED) is 0.762. The summed E-state index contributed by atoms with van der Waals surface area (Å²) in [5.74, 6) is 0.683. The van der Waals surface area contributed by atoms with E-state index in [2.05, 4.69) is 15.3 Å². The van der Waals surface area contributed by atoms with E-state index < -0.39 is 10.0 Å². The molecule has 2 N–H and O–H groups in total. The van der Waals surface area contributed by atoms with Crippen LogP contribution < -0.4 is 5.32 Å². The van der Waals surface area contributed by atoms with Gasteiger partial charge in [0.15, 0.2) is 0 Å². The zero-order valence-electron chi connectivity index (χ0n) is 12.9. The minimum absolute atomic E-state index is 0.0464. The maximum atomic E-state index is 11.8. The second-order valence-corrected chi connectivity index (χ2v) is 7.54. The molecule has 2 rings (SSSR count). The van der Waals surface area contributed by atoms with Crippen LogP contribution in [-0.4, -0.2) is 59.8 Å². The van der Waals surface area contributed by atoms with Crippen LogP contribution in [0, 0.1) is 0 Å². The van der Waals surface area contributed by atoms with E-state index in [0.717, 1.165) is 31.4 Å². The molecule has 1 aromatic heterocycles. The van der Waals surface area contributed by atoms with Crippen LogP contribution in [0.3, 0.4) is 0 Å². The number of aliphatic hydroxyl groups is 1. The lowest BCUT2D eigenvalue weighted by molar-refractivity contribution is 0.242. The van der Waals surface area contributed by atoms with Gasteiger partial charge in [0, 0.05) is 30.9 Å². The van der Waals surface area contributed by atoms with Crippen LogP contribution in [-0.2, 0) is 16.4 Å². The molecule has 1 fully saturated rings. The topological polar surface area (TPSA) is 95.4 Å². The second kappa shape index (κ2) is 7.85. The largest absolute Gasteiger partial charge is 0.395 e. The Bertz CT molecular complexity index is 579. The zero-order chi connectivity index (χ0) is 16.0. The van der Waals surface area contributed by atoms with Crippen molar-refractivity contribution in [1.82, 2.24) is 14.3 Å². The van der Waals surface area contributed by atoms with E-state index in [1.165, 1.54) is 12.6 Å². The first-order valence-corrected chi connectivity index (χ1v) is 9.48. The number of sulfonamides is 1. The molecule has 2 heterocycles. The Kier molecular flexibility index (Phi) is 6.10. The van der Waals surface area contributed by atoms with Gasteiger partial charge in [0.1, 0.15) is 12.1 Å². The number of nitrogens with zero attached hydrogens (tertiary/aromatic N) is 3. The average molecular weight is 328 g/mol. The Morgan fingerprint density at radius 2 is 2.23 bits per heavy atom. The predicted octanol–water partition coefficient (Wildman–Crippen LogP) is 0.627. The second-order valence-electron chi connectivity index (χ2n) is 5.61. The van der Waals surface area contributed by atoms with Gasteiger partial charge in [-0.25, -0.2) is 18.4 Å². The van der Waals surface area contributed by atoms with Crippen LogP contribution in [0.4, 0.5) is 5.82 Å². The van der Waals surface area contributed by atoms with E-state index in [4.69, 9.17) is 5.11 Å². The van der Waals surface area contributed by atoms with Crippen molar-refractivity contribution in [2.75, 3.05) is 31.3 Å². The molecule has 1 saturated heterocycles. The molecule has 0 spiro atoms. The van der Waals surface area contributed by atoms with Crippen molar-refractivity contribution < 1.29 is 13.5 Å². The molecule has 22 heavy (non-hydrogen) atoms. The summed E-state index contributed by atoms with van der Waals surface area (Å²) < 4.78 is 25.3. The van der Waals surface area contributed by atoms with Crippen LogP contribution in [0.1, 0.15) is 31.4 Å². The maximum Gasteiger partial charge on any atom is 0.211 e. The fourth-order valence-corrected chi connectivity index (χ4v) is 4.04. The van der Waals surface area contributed by atoms with E-state index in [1.54, 1.807) is 4.31 Å². The van der Waals surface area contributed by atoms with E-state index in [-0.39, 0.29) is 12.6 Å². The van der Waals surface area contributed by atoms with Crippen molar-refractivity contribution in [2.24, 2.45) is 0 Å². The summed E-state index contributed by atoms with van der Waals surface area (Å²) in [7, 11) is -3.14. The zero-order valence-corrected chi connectivity index (χ0v) is 13.7. The van der Waals surface area contributed by atoms with E-state index in [9.17, 15) is 8.42 Å². The van der Waals surface area contributed by atoms with Gasteiger partial charge in [-0.15, -0.1) is 0 Å². The molecule has 0 bridgehead atoms. The van der Waals surface area contributed by atoms with Crippen molar-refractivity contribution in [3.8, 4) is 0 Å². The van der Waals surface area contributed by atoms with Crippen LogP contribution in [0.2, 0.25) is 0 Å². The summed E-state index contributed by atoms with van der Waals surface area (Å²) in [5, 5.41) is 11.8. The molecule has 0 amide bonds. The molecular formula is C14H24N4O3S. The van der Waals surface area contributed by atoms with E-state index in [1.807, 2.05) is 6.07 Å². The Hall–Kier alpha value is -1.25. The molecule has 0 aromatic carbocycles. The molecule has 1 aliphatic heterocycles. The number of piperidine rings is 1. The van der Waals surface area contributed by atoms with Gasteiger partial charge in [-0.1, -0.05) is 6.42 Å². The highest BCUT2D eigenvalue weighted by Gasteiger charge is 2.28. The predicted molar refractivity (Wildman–Crippen MR) is 85.1 cm³/mol. The third-order valence-corrected chi connectivity index (χ3v) is 5.21. The molecule has 1 atom stereocenters. The average Bonchev–Trinajstić information content (AvgIpc) is 2.51. The van der Waals surface area contributed by atoms with Gasteiger partial charge in [0.25, 0.3) is 0 Å². The molecule has 7 nitrogen and oxygen atoms in total. The molecule has 8 heteroatoms. The van der Waals surface area contributed by atoms with Gasteiger partial charge in [0.2, 0.25) is 10.0 Å². The summed E-state index contributed by atoms with van der Waals surface area (Å²) >= 11 is 0. The molecule has 1 unspecified atom stereocenters. The SMILES string of the molecule is CS(=O)(=O)N1CCCCC1CCc1cc(NCCO)ncn1. The summed E-state index contributed by atoms with van der Waals surface area (Å²) in [6.07, 6.45) is 7.18. The van der Waals surface area contributed by atoms with Gasteiger partial charge in [-0.2, -0.15) is 4.31 Å². The van der Waals surface area contributed by atoms with Crippen LogP contribution in [0.5, 0.6) is 0 Å². The highest BCUT2D eigenvalue weighted by Crippen LogP contribution is 2.23. The molecule has 0 radical (unpaired) electrons. The molecule has 0 aliphatic carbocycles. The lowest BCUT2D eigenvalue weighted by Crippen LogP contribution is -2.43. The summed E-state index contributed by atoms with van der Waals surface area (Å²) in [6, 6.07) is 1.91. The number of aromatic nitrogens is 2. The summed E-state index contributed by atoms with van der Waals surface area (Å²) in [6.45, 7) is 1.11. The monoisotopic (exact) mass is 328 g/mol. The Morgan fingerprint density at radius 3 is 2.95 bits per heavy atom. The Morgan fingerprint density at radius 1 is 1.41 bits per heavy atom. The first-order valence-electron chi connectivity index (χ1n) is 7.63. The third-order valence-electron chi connectivity index (χ3n) is 3.87. The number of anilines is 1. The maximum absolute atomic E-state index is 11.8. The normalized spacial score (nSPS) is 20.0. The number of hydrogen-bond acceptors (Lipinski definition) is 6. The first-order chi connectivity index (χ1) is 10.5. The number of nitrogens with one attached hydrogen (secondary N) is 1. The van der Waals surface area contributed by atoms with Crippen LogP contribution in [0.15, 0.2) is 12.4 Å². The fourth-order valence-electron chi connectivity index (χ4n) is 2.83. The van der Waals surface area contributed by atoms with Crippen molar-refractivity contribution in [3.05, 3.63) is 18.1 Å². The fraction of sp³-hybridized carbons (Fsp3) is 0.714. The van der Waals surface area contributed by atoms with Crippen LogP contribution >= 0.6 is 0 Å². The minimum Gasteiger partial charge on any atom is -0.395 e. The van der Waals surface area contributed by atoms with E-state index >= 15 is 0 Å². The van der Waals surface area contributed by atoms with Gasteiger partial charge < -0.3 is 10.4 Å². The van der Waals surface area contributed by atoms with Crippen molar-refractivity contribution in [3.63, 3.8) is 0 Å². The Labute approximate surface area is 131 Å². The molecule has 0 saturated carbocycles. The highest BCUT2D eigenvalue weighted by molar-refractivity contribution is 7.88. The summed E-state index contributed by atoms with van der Waals surface area (Å²) in [5.41, 5.74) is 0.884. The molecule has 1 aromatic rings. The number of hydrogen-bond donors (Lipinski definition) is 2. The summed E-state index contributed by atoms with van der Waals surface area (Å²) in [4.78, 5) is 8.32. The number of rotatable bonds is 7. The van der Waals surface area contributed by atoms with Crippen molar-refractivity contribution in [2.45, 2.75) is 38.1 Å². The Balaban J connectivity index is 1.96. The standard InChI is InChI=1S/C14H24N4O3S/c1-22(20,21)18-8-3-2-4-13(18)6-5-12-10-14(15-7-9-19)17-11-16-12/h10-11,13,19H,2-9H2,1H3,(H,15,16,17). The first kappa shape index (κ1) is 17.1. The van der Waals surface area contributed by atoms with Gasteiger partial charge in [0.05, 0.1) is 12.9 Å². The van der Waals surface area contributed by atoms with E-state index in [0.29, 0.717) is 25.3 Å². The van der Waals surface area contributed by atoms with Gasteiger partial charge in [-0.05, 0) is 25.7 Å². The molecular weight excluding hydrogens is 304 g/mol. The smallest absolute Gasteiger partial charge is 0.211 e.